The van der Waals surface area contributed by atoms with Gasteiger partial charge in [-0.25, -0.2) is 4.79 Å². The van der Waals surface area contributed by atoms with Crippen LogP contribution in [-0.2, 0) is 4.74 Å². The molecule has 0 aliphatic rings. The number of amides is 1. The van der Waals surface area contributed by atoms with E-state index >= 15 is 0 Å². The Labute approximate surface area is 113 Å². The topological polar surface area (TPSA) is 59.0 Å². The molecule has 0 fully saturated rings. The third kappa shape index (κ3) is 4.05. The van der Waals surface area contributed by atoms with E-state index in [1.807, 2.05) is 6.92 Å². The molecule has 5 heteroatoms. The number of ether oxygens (including phenoxy) is 2. The van der Waals surface area contributed by atoms with Gasteiger partial charge < -0.3 is 19.5 Å². The van der Waals surface area contributed by atoms with Gasteiger partial charge in [-0.2, -0.15) is 0 Å². The lowest BCUT2D eigenvalue weighted by Crippen LogP contribution is -2.39. The zero-order valence-corrected chi connectivity index (χ0v) is 11.8. The van der Waals surface area contributed by atoms with Gasteiger partial charge in [0.15, 0.2) is 0 Å². The maximum Gasteiger partial charge on any atom is 0.409 e. The van der Waals surface area contributed by atoms with Gasteiger partial charge in [0, 0.05) is 12.6 Å². The van der Waals surface area contributed by atoms with E-state index in [-0.39, 0.29) is 17.9 Å². The van der Waals surface area contributed by atoms with Crippen LogP contribution >= 0.6 is 0 Å². The lowest BCUT2D eigenvalue weighted by molar-refractivity contribution is 0.0924. The first-order chi connectivity index (χ1) is 8.97. The highest BCUT2D eigenvalue weighted by Crippen LogP contribution is 2.26. The summed E-state index contributed by atoms with van der Waals surface area (Å²) in [5.74, 6) is 0.813. The van der Waals surface area contributed by atoms with Gasteiger partial charge in [-0.15, -0.1) is 0 Å². The van der Waals surface area contributed by atoms with Crippen LogP contribution in [0.15, 0.2) is 18.2 Å². The van der Waals surface area contributed by atoms with E-state index in [2.05, 4.69) is 0 Å². The van der Waals surface area contributed by atoms with Crippen molar-refractivity contribution < 1.29 is 19.4 Å². The van der Waals surface area contributed by atoms with Gasteiger partial charge in [0.25, 0.3) is 0 Å². The molecule has 1 aromatic rings. The monoisotopic (exact) mass is 267 g/mol. The van der Waals surface area contributed by atoms with Crippen molar-refractivity contribution in [3.63, 3.8) is 0 Å². The van der Waals surface area contributed by atoms with Gasteiger partial charge in [0.1, 0.15) is 18.1 Å². The Morgan fingerprint density at radius 1 is 1.47 bits per heavy atom. The molecule has 19 heavy (non-hydrogen) atoms. The average molecular weight is 267 g/mol. The molecule has 1 unspecified atom stereocenters. The quantitative estimate of drug-likeness (QED) is 0.890. The van der Waals surface area contributed by atoms with Crippen LogP contribution in [0.5, 0.6) is 11.5 Å². The Morgan fingerprint density at radius 3 is 2.79 bits per heavy atom. The third-order valence-electron chi connectivity index (χ3n) is 2.95. The van der Waals surface area contributed by atoms with Crippen molar-refractivity contribution in [2.24, 2.45) is 0 Å². The predicted molar refractivity (Wildman–Crippen MR) is 72.6 cm³/mol. The van der Waals surface area contributed by atoms with Crippen molar-refractivity contribution in [2.45, 2.75) is 26.8 Å². The van der Waals surface area contributed by atoms with Crippen molar-refractivity contribution in [1.29, 1.82) is 0 Å². The first-order valence-electron chi connectivity index (χ1n) is 6.28. The fourth-order valence-electron chi connectivity index (χ4n) is 1.49. The summed E-state index contributed by atoms with van der Waals surface area (Å²) in [5.41, 5.74) is 0.688. The molecule has 1 atom stereocenters. The summed E-state index contributed by atoms with van der Waals surface area (Å²) in [4.78, 5) is 13.0. The van der Waals surface area contributed by atoms with Crippen molar-refractivity contribution in [1.82, 2.24) is 4.90 Å². The lowest BCUT2D eigenvalue weighted by atomic mass is 10.2. The van der Waals surface area contributed by atoms with Gasteiger partial charge >= 0.3 is 6.09 Å². The number of hydrogen-bond donors (Lipinski definition) is 1. The molecule has 0 aliphatic heterocycles. The number of carbonyl (C=O) groups excluding carboxylic acids is 1. The van der Waals surface area contributed by atoms with E-state index in [0.717, 1.165) is 0 Å². The largest absolute Gasteiger partial charge is 0.508 e. The molecule has 106 valence electrons. The minimum atomic E-state index is -0.369. The SMILES string of the molecule is CCOC(=O)N(C)C(C)COc1cccc(O)c1C. The highest BCUT2D eigenvalue weighted by Gasteiger charge is 2.17. The summed E-state index contributed by atoms with van der Waals surface area (Å²) >= 11 is 0. The molecule has 0 aromatic heterocycles. The van der Waals surface area contributed by atoms with Crippen molar-refractivity contribution in [3.8, 4) is 11.5 Å². The van der Waals surface area contributed by atoms with Crippen LogP contribution in [0.25, 0.3) is 0 Å². The van der Waals surface area contributed by atoms with E-state index in [1.165, 1.54) is 4.90 Å². The average Bonchev–Trinajstić information content (AvgIpc) is 2.39. The molecular formula is C14H21NO4. The summed E-state index contributed by atoms with van der Waals surface area (Å²) in [5, 5.41) is 9.57. The normalized spacial score (nSPS) is 11.8. The van der Waals surface area contributed by atoms with E-state index < -0.39 is 0 Å². The highest BCUT2D eigenvalue weighted by molar-refractivity contribution is 5.67. The Morgan fingerprint density at radius 2 is 2.16 bits per heavy atom. The highest BCUT2D eigenvalue weighted by atomic mass is 16.6. The van der Waals surface area contributed by atoms with E-state index in [0.29, 0.717) is 24.5 Å². The first kappa shape index (κ1) is 15.1. The Bertz CT molecular complexity index is 433. The van der Waals surface area contributed by atoms with Crippen LogP contribution < -0.4 is 4.74 Å². The molecule has 0 saturated heterocycles. The zero-order valence-electron chi connectivity index (χ0n) is 11.8. The van der Waals surface area contributed by atoms with Gasteiger partial charge in [-0.3, -0.25) is 0 Å². The smallest absolute Gasteiger partial charge is 0.409 e. The number of phenolic OH excluding ortho intramolecular Hbond substituents is 1. The molecule has 0 saturated carbocycles. The lowest BCUT2D eigenvalue weighted by Gasteiger charge is -2.24. The second-order valence-electron chi connectivity index (χ2n) is 4.37. The van der Waals surface area contributed by atoms with Crippen LogP contribution in [0.2, 0.25) is 0 Å². The van der Waals surface area contributed by atoms with Crippen molar-refractivity contribution >= 4 is 6.09 Å². The number of likely N-dealkylation sites (N-methyl/N-ethyl adjacent to an activating group) is 1. The number of hydrogen-bond acceptors (Lipinski definition) is 4. The standard InChI is InChI=1S/C14H21NO4/c1-5-18-14(17)15(4)10(2)9-19-13-8-6-7-12(16)11(13)3/h6-8,10,16H,5,9H2,1-4H3. The molecule has 1 N–H and O–H groups in total. The third-order valence-corrected chi connectivity index (χ3v) is 2.95. The minimum Gasteiger partial charge on any atom is -0.508 e. The van der Waals surface area contributed by atoms with Gasteiger partial charge in [-0.05, 0) is 32.9 Å². The molecule has 0 aliphatic carbocycles. The number of nitrogens with zero attached hydrogens (tertiary/aromatic N) is 1. The fourth-order valence-corrected chi connectivity index (χ4v) is 1.49. The second-order valence-corrected chi connectivity index (χ2v) is 4.37. The summed E-state index contributed by atoms with van der Waals surface area (Å²) in [6.07, 6.45) is -0.369. The molecule has 5 nitrogen and oxygen atoms in total. The van der Waals surface area contributed by atoms with Crippen LogP contribution in [0.4, 0.5) is 4.79 Å². The summed E-state index contributed by atoms with van der Waals surface area (Å²) < 4.78 is 10.5. The number of benzene rings is 1. The molecule has 1 rings (SSSR count). The molecule has 1 amide bonds. The zero-order chi connectivity index (χ0) is 14.4. The number of rotatable bonds is 5. The maximum absolute atomic E-state index is 11.5. The Hall–Kier alpha value is -1.91. The van der Waals surface area contributed by atoms with Crippen LogP contribution in [0.1, 0.15) is 19.4 Å². The van der Waals surface area contributed by atoms with E-state index in [1.54, 1.807) is 39.1 Å². The molecule has 1 aromatic carbocycles. The molecule has 0 bridgehead atoms. The van der Waals surface area contributed by atoms with E-state index in [4.69, 9.17) is 9.47 Å². The van der Waals surface area contributed by atoms with Gasteiger partial charge in [0.2, 0.25) is 0 Å². The molecule has 0 radical (unpaired) electrons. The minimum absolute atomic E-state index is 0.124. The first-order valence-corrected chi connectivity index (χ1v) is 6.28. The Kier molecular flexibility index (Phi) is 5.48. The van der Waals surface area contributed by atoms with Gasteiger partial charge in [-0.1, -0.05) is 6.07 Å². The number of aromatic hydroxyl groups is 1. The molecule has 0 heterocycles. The summed E-state index contributed by atoms with van der Waals surface area (Å²) in [6, 6.07) is 4.99. The van der Waals surface area contributed by atoms with Crippen molar-refractivity contribution in [3.05, 3.63) is 23.8 Å². The number of carbonyl (C=O) groups is 1. The summed E-state index contributed by atoms with van der Waals surface area (Å²) in [7, 11) is 1.67. The van der Waals surface area contributed by atoms with Crippen LogP contribution in [-0.4, -0.2) is 42.4 Å². The van der Waals surface area contributed by atoms with Crippen LogP contribution in [0.3, 0.4) is 0 Å². The molecular weight excluding hydrogens is 246 g/mol. The predicted octanol–water partition coefficient (Wildman–Crippen LogP) is 2.56. The van der Waals surface area contributed by atoms with Gasteiger partial charge in [0.05, 0.1) is 12.6 Å². The fraction of sp³-hybridized carbons (Fsp3) is 0.500. The maximum atomic E-state index is 11.5. The second kappa shape index (κ2) is 6.87. The van der Waals surface area contributed by atoms with Crippen molar-refractivity contribution in [2.75, 3.05) is 20.3 Å². The molecule has 0 spiro atoms. The Balaban J connectivity index is 2.56. The van der Waals surface area contributed by atoms with E-state index in [9.17, 15) is 9.90 Å². The number of phenols is 1. The summed E-state index contributed by atoms with van der Waals surface area (Å²) in [6.45, 7) is 6.10. The van der Waals surface area contributed by atoms with Crippen LogP contribution in [0, 0.1) is 6.92 Å².